The van der Waals surface area contributed by atoms with Gasteiger partial charge in [0.05, 0.1) is 11.9 Å². The lowest BCUT2D eigenvalue weighted by Gasteiger charge is -2.32. The number of hydrogen-bond acceptors (Lipinski definition) is 8. The zero-order chi connectivity index (χ0) is 31.4. The average Bonchev–Trinajstić information content (AvgIpc) is 3.60. The molecule has 0 aliphatic carbocycles. The van der Waals surface area contributed by atoms with Gasteiger partial charge in [0.1, 0.15) is 27.1 Å². The van der Waals surface area contributed by atoms with Crippen molar-refractivity contribution in [2.75, 3.05) is 51.6 Å². The van der Waals surface area contributed by atoms with Crippen LogP contribution in [-0.2, 0) is 4.79 Å². The van der Waals surface area contributed by atoms with Crippen LogP contribution in [0.4, 0.5) is 5.69 Å². The number of pyridine rings is 1. The fraction of sp³-hybridized carbons (Fsp3) is 0.355. The van der Waals surface area contributed by atoms with E-state index in [9.17, 15) is 14.4 Å². The van der Waals surface area contributed by atoms with E-state index in [-0.39, 0.29) is 17.6 Å². The first-order chi connectivity index (χ1) is 21.1. The predicted molar refractivity (Wildman–Crippen MR) is 172 cm³/mol. The molecule has 4 aromatic rings. The number of likely N-dealkylation sites (N-methyl/N-ethyl adjacent to an activating group) is 1. The van der Waals surface area contributed by atoms with Crippen LogP contribution in [0.1, 0.15) is 50.3 Å². The Labute approximate surface area is 260 Å². The van der Waals surface area contributed by atoms with Crippen molar-refractivity contribution >= 4 is 46.2 Å². The molecule has 4 N–H and O–H groups in total. The molecule has 1 aliphatic heterocycles. The maximum absolute atomic E-state index is 13.4. The van der Waals surface area contributed by atoms with Crippen molar-refractivity contribution in [3.8, 4) is 10.6 Å². The smallest absolute Gasteiger partial charge is 0.274 e. The molecule has 1 fully saturated rings. The van der Waals surface area contributed by atoms with E-state index in [4.69, 9.17) is 5.73 Å². The highest BCUT2D eigenvalue weighted by atomic mass is 32.1. The second kappa shape index (κ2) is 13.5. The largest absolute Gasteiger partial charge is 0.383 e. The standard InChI is InChI=1S/C31H37N9O3S/c1-19-6-7-22(28(32)36-21(3)41)16-24(19)37-29(42)25-17-34-26-9-8-23(18-40(25)26)31-35-20(2)27(44-31)30(43)33-10-5-11-39-14-12-38(4)13-15-39/h6-9,16-18H,5,10-15H2,1-4H3,(H,33,43)(H,37,42)(H2,32,36,41). The molecule has 230 valence electrons. The molecule has 12 nitrogen and oxygen atoms in total. The topological polar surface area (TPSA) is 150 Å². The Morgan fingerprint density at radius 3 is 2.59 bits per heavy atom. The van der Waals surface area contributed by atoms with Gasteiger partial charge in [-0.25, -0.2) is 9.97 Å². The van der Waals surface area contributed by atoms with Gasteiger partial charge in [0.25, 0.3) is 11.8 Å². The number of nitrogens with two attached hydrogens (primary N) is 1. The number of anilines is 1. The molecule has 0 radical (unpaired) electrons. The second-order valence-corrected chi connectivity index (χ2v) is 12.0. The highest BCUT2D eigenvalue weighted by Gasteiger charge is 2.19. The lowest BCUT2D eigenvalue weighted by atomic mass is 10.1. The number of thiazole rings is 1. The van der Waals surface area contributed by atoms with Gasteiger partial charge in [-0.3, -0.25) is 18.8 Å². The van der Waals surface area contributed by atoms with Crippen LogP contribution in [0.2, 0.25) is 0 Å². The summed E-state index contributed by atoms with van der Waals surface area (Å²) in [5.74, 6) is -0.830. The molecule has 3 aromatic heterocycles. The van der Waals surface area contributed by atoms with E-state index in [1.165, 1.54) is 24.5 Å². The Morgan fingerprint density at radius 2 is 1.84 bits per heavy atom. The molecular weight excluding hydrogens is 578 g/mol. The van der Waals surface area contributed by atoms with Crippen molar-refractivity contribution in [3.63, 3.8) is 0 Å². The number of piperazine rings is 1. The lowest BCUT2D eigenvalue weighted by Crippen LogP contribution is -2.45. The van der Waals surface area contributed by atoms with Crippen molar-refractivity contribution in [2.45, 2.75) is 27.2 Å². The number of carbonyl (C=O) groups is 3. The van der Waals surface area contributed by atoms with E-state index in [2.05, 4.69) is 42.4 Å². The average molecular weight is 616 g/mol. The van der Waals surface area contributed by atoms with Crippen LogP contribution in [-0.4, -0.2) is 94.0 Å². The summed E-state index contributed by atoms with van der Waals surface area (Å²) in [5, 5.41) is 6.64. The number of nitrogens with one attached hydrogen (secondary N) is 2. The molecule has 0 spiro atoms. The lowest BCUT2D eigenvalue weighted by molar-refractivity contribution is -0.115. The van der Waals surface area contributed by atoms with Crippen LogP contribution >= 0.6 is 11.3 Å². The monoisotopic (exact) mass is 615 g/mol. The van der Waals surface area contributed by atoms with Crippen molar-refractivity contribution in [3.05, 3.63) is 70.1 Å². The number of aliphatic imine (C=N–C) groups is 1. The SMILES string of the molecule is CC(=O)N=C(N)c1ccc(C)c(NC(=O)c2cnc3ccc(-c4nc(C)c(C(=O)NCCCN5CCN(C)CC5)s4)cn23)c1. The number of amides is 3. The van der Waals surface area contributed by atoms with Gasteiger partial charge in [-0.05, 0) is 57.6 Å². The number of aromatic nitrogens is 3. The minimum absolute atomic E-state index is 0.0740. The molecule has 5 rings (SSSR count). The van der Waals surface area contributed by atoms with E-state index in [1.807, 2.05) is 26.0 Å². The van der Waals surface area contributed by atoms with Crippen molar-refractivity contribution in [1.29, 1.82) is 0 Å². The van der Waals surface area contributed by atoms with E-state index in [1.54, 1.807) is 28.8 Å². The summed E-state index contributed by atoms with van der Waals surface area (Å²) in [5.41, 5.74) is 10.2. The first-order valence-corrected chi connectivity index (χ1v) is 15.3. The zero-order valence-corrected chi connectivity index (χ0v) is 26.2. The number of nitrogens with zero attached hydrogens (tertiary/aromatic N) is 6. The van der Waals surface area contributed by atoms with Crippen molar-refractivity contribution < 1.29 is 14.4 Å². The van der Waals surface area contributed by atoms with Crippen LogP contribution < -0.4 is 16.4 Å². The van der Waals surface area contributed by atoms with Gasteiger partial charge < -0.3 is 26.2 Å². The number of rotatable bonds is 9. The molecule has 13 heteroatoms. The van der Waals surface area contributed by atoms with Crippen LogP contribution in [0.3, 0.4) is 0 Å². The van der Waals surface area contributed by atoms with E-state index in [0.717, 1.165) is 50.3 Å². The Kier molecular flexibility index (Phi) is 9.47. The molecule has 1 aromatic carbocycles. The maximum atomic E-state index is 13.4. The number of amidine groups is 1. The molecule has 0 bridgehead atoms. The first kappa shape index (κ1) is 31.0. The molecule has 4 heterocycles. The minimum atomic E-state index is -0.407. The van der Waals surface area contributed by atoms with Gasteiger partial charge in [-0.15, -0.1) is 11.3 Å². The number of carbonyl (C=O) groups excluding carboxylic acids is 3. The molecule has 1 aliphatic rings. The number of imidazole rings is 1. The first-order valence-electron chi connectivity index (χ1n) is 14.5. The summed E-state index contributed by atoms with van der Waals surface area (Å²) in [6.45, 7) is 10.9. The van der Waals surface area contributed by atoms with E-state index in [0.29, 0.717) is 44.7 Å². The van der Waals surface area contributed by atoms with Crippen molar-refractivity contribution in [1.82, 2.24) is 29.5 Å². The Balaban J connectivity index is 1.28. The molecule has 0 saturated carbocycles. The quantitative estimate of drug-likeness (QED) is 0.148. The highest BCUT2D eigenvalue weighted by molar-refractivity contribution is 7.17. The van der Waals surface area contributed by atoms with Crippen LogP contribution in [0.25, 0.3) is 16.2 Å². The Hall–Kier alpha value is -4.46. The summed E-state index contributed by atoms with van der Waals surface area (Å²) in [6.07, 6.45) is 4.20. The number of hydrogen-bond donors (Lipinski definition) is 3. The summed E-state index contributed by atoms with van der Waals surface area (Å²) in [6, 6.07) is 8.91. The third-order valence-corrected chi connectivity index (χ3v) is 8.79. The molecule has 44 heavy (non-hydrogen) atoms. The normalized spacial score (nSPS) is 14.6. The van der Waals surface area contributed by atoms with E-state index >= 15 is 0 Å². The number of aryl methyl sites for hydroxylation is 2. The summed E-state index contributed by atoms with van der Waals surface area (Å²) >= 11 is 1.32. The molecule has 0 unspecified atom stereocenters. The van der Waals surface area contributed by atoms with Gasteiger partial charge in [-0.1, -0.05) is 12.1 Å². The maximum Gasteiger partial charge on any atom is 0.274 e. The van der Waals surface area contributed by atoms with Gasteiger partial charge >= 0.3 is 0 Å². The fourth-order valence-corrected chi connectivity index (χ4v) is 5.97. The van der Waals surface area contributed by atoms with Gasteiger partial charge in [-0.2, -0.15) is 4.99 Å². The summed E-state index contributed by atoms with van der Waals surface area (Å²) in [7, 11) is 2.14. The zero-order valence-electron chi connectivity index (χ0n) is 25.4. The highest BCUT2D eigenvalue weighted by Crippen LogP contribution is 2.29. The van der Waals surface area contributed by atoms with Crippen LogP contribution in [0.5, 0.6) is 0 Å². The fourth-order valence-electron chi connectivity index (χ4n) is 5.00. The van der Waals surface area contributed by atoms with Crippen LogP contribution in [0, 0.1) is 13.8 Å². The molecule has 3 amide bonds. The third-order valence-electron chi connectivity index (χ3n) is 7.58. The Bertz CT molecular complexity index is 1730. The molecule has 1 saturated heterocycles. The van der Waals surface area contributed by atoms with Gasteiger partial charge in [0.2, 0.25) is 5.91 Å². The Morgan fingerprint density at radius 1 is 1.07 bits per heavy atom. The van der Waals surface area contributed by atoms with E-state index < -0.39 is 5.91 Å². The van der Waals surface area contributed by atoms with Gasteiger partial charge in [0.15, 0.2) is 0 Å². The molecule has 0 atom stereocenters. The third kappa shape index (κ3) is 7.18. The van der Waals surface area contributed by atoms with Crippen molar-refractivity contribution in [2.24, 2.45) is 10.7 Å². The second-order valence-electron chi connectivity index (χ2n) is 11.0. The summed E-state index contributed by atoms with van der Waals surface area (Å²) < 4.78 is 1.70. The number of benzene rings is 1. The minimum Gasteiger partial charge on any atom is -0.383 e. The predicted octanol–water partition coefficient (Wildman–Crippen LogP) is 2.95. The molecular formula is C31H37N9O3S. The summed E-state index contributed by atoms with van der Waals surface area (Å²) in [4.78, 5) is 55.9. The van der Waals surface area contributed by atoms with Gasteiger partial charge in [0, 0.05) is 62.7 Å². The van der Waals surface area contributed by atoms with Crippen LogP contribution in [0.15, 0.2) is 47.7 Å². The number of fused-ring (bicyclic) bond motifs is 1.